The van der Waals surface area contributed by atoms with Crippen LogP contribution in [-0.4, -0.2) is 22.3 Å². The van der Waals surface area contributed by atoms with E-state index in [1.165, 1.54) is 4.90 Å². The van der Waals surface area contributed by atoms with E-state index in [4.69, 9.17) is 0 Å². The third-order valence-corrected chi connectivity index (χ3v) is 3.39. The van der Waals surface area contributed by atoms with Crippen LogP contribution < -0.4 is 4.90 Å². The van der Waals surface area contributed by atoms with Gasteiger partial charge in [-0.1, -0.05) is 27.7 Å². The number of halogens is 1. The summed E-state index contributed by atoms with van der Waals surface area (Å²) in [6, 6.07) is 7.30. The molecule has 1 saturated heterocycles. The summed E-state index contributed by atoms with van der Waals surface area (Å²) in [5.41, 5.74) is 0.732. The molecule has 1 fully saturated rings. The van der Waals surface area contributed by atoms with Crippen molar-refractivity contribution in [1.29, 1.82) is 0 Å². The van der Waals surface area contributed by atoms with E-state index in [-0.39, 0.29) is 5.24 Å². The van der Waals surface area contributed by atoms with Crippen LogP contribution in [0.5, 0.6) is 0 Å². The molecule has 1 aromatic carbocycles. The maximum absolute atomic E-state index is 11.4. The van der Waals surface area contributed by atoms with E-state index in [0.717, 1.165) is 21.9 Å². The molecule has 0 spiro atoms. The lowest BCUT2D eigenvalue weighted by Crippen LogP contribution is -2.32. The van der Waals surface area contributed by atoms with Crippen LogP contribution >= 0.6 is 27.7 Å². The predicted molar refractivity (Wildman–Crippen MR) is 60.5 cm³/mol. The third-order valence-electron chi connectivity index (χ3n) is 1.96. The maximum Gasteiger partial charge on any atom is 0.288 e. The second-order valence-electron chi connectivity index (χ2n) is 2.90. The largest absolute Gasteiger partial charge is 0.372 e. The summed E-state index contributed by atoms with van der Waals surface area (Å²) in [4.78, 5) is 12.8. The number of rotatable bonds is 1. The standard InChI is InChI=1S/C9H8BrNO2S/c10-6-1-3-7(4-2-6)11-8(12)5-14-9(11)13/h1-4,8,12H,5H2. The quantitative estimate of drug-likeness (QED) is 0.855. The Hall–Kier alpha value is -0.520. The molecule has 1 heterocycles. The van der Waals surface area contributed by atoms with Crippen LogP contribution in [0.4, 0.5) is 10.5 Å². The molecule has 0 saturated carbocycles. The van der Waals surface area contributed by atoms with Gasteiger partial charge in [0.2, 0.25) is 0 Å². The molecule has 5 heteroatoms. The molecule has 1 aliphatic heterocycles. The van der Waals surface area contributed by atoms with Crippen molar-refractivity contribution in [2.45, 2.75) is 6.23 Å². The first-order chi connectivity index (χ1) is 6.68. The van der Waals surface area contributed by atoms with Crippen LogP contribution in [-0.2, 0) is 0 Å². The molecule has 0 aromatic heterocycles. The Bertz CT molecular complexity index is 354. The number of hydrogen-bond donors (Lipinski definition) is 1. The Kier molecular flexibility index (Phi) is 2.80. The highest BCUT2D eigenvalue weighted by atomic mass is 79.9. The molecule has 1 aromatic rings. The van der Waals surface area contributed by atoms with E-state index in [1.54, 1.807) is 12.1 Å². The first-order valence-corrected chi connectivity index (χ1v) is 5.86. The summed E-state index contributed by atoms with van der Waals surface area (Å²) < 4.78 is 0.954. The lowest BCUT2D eigenvalue weighted by molar-refractivity contribution is 0.200. The van der Waals surface area contributed by atoms with Gasteiger partial charge in [0.15, 0.2) is 0 Å². The van der Waals surface area contributed by atoms with Crippen molar-refractivity contribution >= 4 is 38.6 Å². The van der Waals surface area contributed by atoms with Crippen molar-refractivity contribution in [3.63, 3.8) is 0 Å². The van der Waals surface area contributed by atoms with E-state index in [0.29, 0.717) is 5.75 Å². The minimum atomic E-state index is -0.700. The van der Waals surface area contributed by atoms with Crippen molar-refractivity contribution < 1.29 is 9.90 Å². The fourth-order valence-corrected chi connectivity index (χ4v) is 2.36. The molecule has 0 aliphatic carbocycles. The van der Waals surface area contributed by atoms with E-state index >= 15 is 0 Å². The van der Waals surface area contributed by atoms with Crippen LogP contribution in [0.3, 0.4) is 0 Å². The van der Waals surface area contributed by atoms with Crippen molar-refractivity contribution in [2.24, 2.45) is 0 Å². The van der Waals surface area contributed by atoms with Gasteiger partial charge in [0, 0.05) is 15.9 Å². The van der Waals surface area contributed by atoms with Gasteiger partial charge in [-0.25, -0.2) is 0 Å². The molecular formula is C9H8BrNO2S. The van der Waals surface area contributed by atoms with Gasteiger partial charge in [-0.3, -0.25) is 9.69 Å². The van der Waals surface area contributed by atoms with Gasteiger partial charge in [-0.15, -0.1) is 0 Å². The lowest BCUT2D eigenvalue weighted by atomic mass is 10.3. The molecule has 74 valence electrons. The second kappa shape index (κ2) is 3.92. The molecule has 1 atom stereocenters. The summed E-state index contributed by atoms with van der Waals surface area (Å²) in [7, 11) is 0. The molecular weight excluding hydrogens is 266 g/mol. The summed E-state index contributed by atoms with van der Waals surface area (Å²) in [5.74, 6) is 0.439. The zero-order valence-corrected chi connectivity index (χ0v) is 9.59. The van der Waals surface area contributed by atoms with Crippen LogP contribution in [0, 0.1) is 0 Å². The highest BCUT2D eigenvalue weighted by Crippen LogP contribution is 2.29. The third kappa shape index (κ3) is 1.80. The Balaban J connectivity index is 2.30. The second-order valence-corrected chi connectivity index (χ2v) is 4.79. The summed E-state index contributed by atoms with van der Waals surface area (Å²) in [6.45, 7) is 0. The van der Waals surface area contributed by atoms with Gasteiger partial charge in [0.05, 0.1) is 0 Å². The normalized spacial score (nSPS) is 21.7. The van der Waals surface area contributed by atoms with Crippen molar-refractivity contribution in [2.75, 3.05) is 10.7 Å². The van der Waals surface area contributed by atoms with E-state index in [2.05, 4.69) is 15.9 Å². The van der Waals surface area contributed by atoms with E-state index in [9.17, 15) is 9.90 Å². The number of benzene rings is 1. The highest BCUT2D eigenvalue weighted by Gasteiger charge is 2.31. The Morgan fingerprint density at radius 3 is 2.57 bits per heavy atom. The number of nitrogens with zero attached hydrogens (tertiary/aromatic N) is 1. The highest BCUT2D eigenvalue weighted by molar-refractivity contribution is 9.10. The van der Waals surface area contributed by atoms with E-state index in [1.807, 2.05) is 12.1 Å². The molecule has 1 unspecified atom stereocenters. The van der Waals surface area contributed by atoms with Gasteiger partial charge in [-0.2, -0.15) is 0 Å². The molecule has 1 aliphatic rings. The molecule has 14 heavy (non-hydrogen) atoms. The zero-order chi connectivity index (χ0) is 10.1. The van der Waals surface area contributed by atoms with Gasteiger partial charge in [0.1, 0.15) is 6.23 Å². The first-order valence-electron chi connectivity index (χ1n) is 4.08. The molecule has 2 rings (SSSR count). The summed E-state index contributed by atoms with van der Waals surface area (Å²) >= 11 is 4.45. The topological polar surface area (TPSA) is 40.5 Å². The van der Waals surface area contributed by atoms with Gasteiger partial charge >= 0.3 is 0 Å². The maximum atomic E-state index is 11.4. The predicted octanol–water partition coefficient (Wildman–Crippen LogP) is 2.44. The number of anilines is 1. The fourth-order valence-electron chi connectivity index (χ4n) is 1.29. The number of carbonyl (C=O) groups is 1. The smallest absolute Gasteiger partial charge is 0.288 e. The molecule has 0 bridgehead atoms. The monoisotopic (exact) mass is 273 g/mol. The van der Waals surface area contributed by atoms with Gasteiger partial charge in [0.25, 0.3) is 5.24 Å². The number of carbonyl (C=O) groups excluding carboxylic acids is 1. The van der Waals surface area contributed by atoms with Crippen LogP contribution in [0.15, 0.2) is 28.7 Å². The first kappa shape index (κ1) is 10.0. The number of hydrogen-bond acceptors (Lipinski definition) is 3. The van der Waals surface area contributed by atoms with Gasteiger partial charge < -0.3 is 5.11 Å². The molecule has 0 radical (unpaired) electrons. The Morgan fingerprint density at radius 2 is 2.07 bits per heavy atom. The molecule has 1 N–H and O–H groups in total. The number of aliphatic hydroxyl groups is 1. The number of aliphatic hydroxyl groups excluding tert-OH is 1. The van der Waals surface area contributed by atoms with Crippen molar-refractivity contribution in [1.82, 2.24) is 0 Å². The van der Waals surface area contributed by atoms with E-state index < -0.39 is 6.23 Å². The van der Waals surface area contributed by atoms with Crippen molar-refractivity contribution in [3.8, 4) is 0 Å². The molecule has 3 nitrogen and oxygen atoms in total. The fraction of sp³-hybridized carbons (Fsp3) is 0.222. The summed E-state index contributed by atoms with van der Waals surface area (Å²) in [5, 5.41) is 9.46. The van der Waals surface area contributed by atoms with Crippen LogP contribution in [0.2, 0.25) is 0 Å². The summed E-state index contributed by atoms with van der Waals surface area (Å²) in [6.07, 6.45) is -0.700. The molecule has 1 amide bonds. The average molecular weight is 274 g/mol. The zero-order valence-electron chi connectivity index (χ0n) is 7.18. The van der Waals surface area contributed by atoms with Crippen LogP contribution in [0.25, 0.3) is 0 Å². The Morgan fingerprint density at radius 1 is 1.43 bits per heavy atom. The average Bonchev–Trinajstić information content (AvgIpc) is 2.49. The van der Waals surface area contributed by atoms with Crippen LogP contribution in [0.1, 0.15) is 0 Å². The number of amides is 1. The van der Waals surface area contributed by atoms with Crippen molar-refractivity contribution in [3.05, 3.63) is 28.7 Å². The number of thioether (sulfide) groups is 1. The minimum absolute atomic E-state index is 0.0974. The minimum Gasteiger partial charge on any atom is -0.372 e. The Labute approximate surface area is 94.2 Å². The SMILES string of the molecule is O=C1SCC(O)N1c1ccc(Br)cc1. The van der Waals surface area contributed by atoms with Gasteiger partial charge in [-0.05, 0) is 24.3 Å². The lowest BCUT2D eigenvalue weighted by Gasteiger charge is -2.19.